The smallest absolute Gasteiger partial charge is 0.249 e. The third-order valence-corrected chi connectivity index (χ3v) is 3.75. The Kier molecular flexibility index (Phi) is 2.94. The van der Waals surface area contributed by atoms with E-state index >= 15 is 0 Å². The first-order valence-electron chi connectivity index (χ1n) is 7.12. The number of carbonyl (C=O) groups excluding carboxylic acids is 1. The van der Waals surface area contributed by atoms with Crippen molar-refractivity contribution in [3.63, 3.8) is 0 Å². The van der Waals surface area contributed by atoms with E-state index in [4.69, 9.17) is 5.73 Å². The highest BCUT2D eigenvalue weighted by Gasteiger charge is 2.17. The van der Waals surface area contributed by atoms with Crippen LogP contribution in [0.2, 0.25) is 0 Å². The van der Waals surface area contributed by atoms with Gasteiger partial charge >= 0.3 is 0 Å². The van der Waals surface area contributed by atoms with Gasteiger partial charge < -0.3 is 10.7 Å². The van der Waals surface area contributed by atoms with Crippen LogP contribution in [0, 0.1) is 0 Å². The van der Waals surface area contributed by atoms with Gasteiger partial charge in [-0.1, -0.05) is 30.3 Å². The normalized spacial score (nSPS) is 11.0. The third-order valence-electron chi connectivity index (χ3n) is 3.75. The quantitative estimate of drug-likeness (QED) is 0.542. The number of carbonyl (C=O) groups is 1. The van der Waals surface area contributed by atoms with Gasteiger partial charge in [0.25, 0.3) is 0 Å². The van der Waals surface area contributed by atoms with E-state index in [1.165, 1.54) is 0 Å². The second-order valence-electron chi connectivity index (χ2n) is 5.17. The van der Waals surface area contributed by atoms with E-state index in [0.29, 0.717) is 11.4 Å². The van der Waals surface area contributed by atoms with Crippen LogP contribution in [0.4, 0.5) is 0 Å². The average Bonchev–Trinajstić information content (AvgIpc) is 3.21. The van der Waals surface area contributed by atoms with Crippen molar-refractivity contribution in [2.75, 3.05) is 0 Å². The van der Waals surface area contributed by atoms with Gasteiger partial charge in [0, 0.05) is 11.1 Å². The van der Waals surface area contributed by atoms with Crippen molar-refractivity contribution in [3.05, 3.63) is 60.3 Å². The van der Waals surface area contributed by atoms with E-state index in [2.05, 4.69) is 20.2 Å². The Balaban J connectivity index is 1.91. The maximum absolute atomic E-state index is 11.7. The second-order valence-corrected chi connectivity index (χ2v) is 5.17. The number of nitrogens with zero attached hydrogens (tertiary/aromatic N) is 2. The van der Waals surface area contributed by atoms with E-state index in [-0.39, 0.29) is 0 Å². The number of hydrogen-bond acceptors (Lipinski definition) is 3. The summed E-state index contributed by atoms with van der Waals surface area (Å²) in [5, 5.41) is 7.06. The lowest BCUT2D eigenvalue weighted by Crippen LogP contribution is -2.12. The minimum Gasteiger partial charge on any atom is -0.366 e. The van der Waals surface area contributed by atoms with E-state index < -0.39 is 5.91 Å². The number of nitrogens with two attached hydrogens (primary N) is 1. The van der Waals surface area contributed by atoms with E-state index in [1.807, 2.05) is 36.4 Å². The van der Waals surface area contributed by atoms with Gasteiger partial charge in [-0.3, -0.25) is 9.89 Å². The first-order valence-corrected chi connectivity index (χ1v) is 7.12. The van der Waals surface area contributed by atoms with Crippen LogP contribution in [0.25, 0.3) is 33.7 Å². The van der Waals surface area contributed by atoms with Crippen molar-refractivity contribution in [1.29, 1.82) is 0 Å². The molecule has 0 atom stereocenters. The summed E-state index contributed by atoms with van der Waals surface area (Å²) >= 11 is 0. The number of amides is 1. The summed E-state index contributed by atoms with van der Waals surface area (Å²) in [6.07, 6.45) is 1.67. The Labute approximate surface area is 131 Å². The fourth-order valence-electron chi connectivity index (χ4n) is 2.67. The van der Waals surface area contributed by atoms with Crippen molar-refractivity contribution in [2.24, 2.45) is 5.73 Å². The van der Waals surface area contributed by atoms with Crippen molar-refractivity contribution >= 4 is 16.9 Å². The number of hydrogen-bond donors (Lipinski definition) is 3. The molecule has 6 heteroatoms. The number of rotatable bonds is 3. The van der Waals surface area contributed by atoms with Crippen LogP contribution in [0.3, 0.4) is 0 Å². The minimum absolute atomic E-state index is 0.450. The summed E-state index contributed by atoms with van der Waals surface area (Å²) < 4.78 is 0. The standard InChI is InChI=1S/C17H13N5O/c18-16(23)11-6-2-1-5-10(11)12-9-19-22-15(12)17-20-13-7-3-4-8-14(13)21-17/h1-9H,(H2,18,23)(H,19,22)(H,20,21). The lowest BCUT2D eigenvalue weighted by atomic mass is 9.99. The van der Waals surface area contributed by atoms with Gasteiger partial charge in [0.05, 0.1) is 17.2 Å². The van der Waals surface area contributed by atoms with Gasteiger partial charge in [-0.05, 0) is 23.8 Å². The van der Waals surface area contributed by atoms with Gasteiger partial charge in [-0.15, -0.1) is 0 Å². The molecule has 0 saturated carbocycles. The molecular formula is C17H13N5O. The Morgan fingerprint density at radius 3 is 2.61 bits per heavy atom. The molecule has 0 unspecified atom stereocenters. The number of aromatic amines is 2. The molecule has 0 aliphatic carbocycles. The highest BCUT2D eigenvalue weighted by molar-refractivity contribution is 6.01. The molecule has 0 aliphatic heterocycles. The highest BCUT2D eigenvalue weighted by atomic mass is 16.1. The lowest BCUT2D eigenvalue weighted by Gasteiger charge is -2.05. The zero-order chi connectivity index (χ0) is 15.8. The molecule has 1 amide bonds. The lowest BCUT2D eigenvalue weighted by molar-refractivity contribution is 0.100. The first-order chi connectivity index (χ1) is 11.2. The maximum Gasteiger partial charge on any atom is 0.249 e. The van der Waals surface area contributed by atoms with Crippen LogP contribution in [0.5, 0.6) is 0 Å². The van der Waals surface area contributed by atoms with Crippen LogP contribution in [-0.4, -0.2) is 26.1 Å². The number of fused-ring (bicyclic) bond motifs is 1. The van der Waals surface area contributed by atoms with Crippen LogP contribution in [0.15, 0.2) is 54.7 Å². The number of para-hydroxylation sites is 2. The van der Waals surface area contributed by atoms with Crippen LogP contribution in [0.1, 0.15) is 10.4 Å². The fraction of sp³-hybridized carbons (Fsp3) is 0. The zero-order valence-electron chi connectivity index (χ0n) is 12.1. The zero-order valence-corrected chi connectivity index (χ0v) is 12.1. The Bertz CT molecular complexity index is 981. The molecule has 0 bridgehead atoms. The van der Waals surface area contributed by atoms with Crippen molar-refractivity contribution in [3.8, 4) is 22.6 Å². The summed E-state index contributed by atoms with van der Waals surface area (Å²) in [6, 6.07) is 15.0. The average molecular weight is 303 g/mol. The molecule has 2 heterocycles. The molecule has 0 fully saturated rings. The monoisotopic (exact) mass is 303 g/mol. The van der Waals surface area contributed by atoms with Crippen molar-refractivity contribution in [2.45, 2.75) is 0 Å². The molecule has 0 aliphatic rings. The molecule has 4 aromatic rings. The molecule has 6 nitrogen and oxygen atoms in total. The number of aromatic nitrogens is 4. The van der Waals surface area contributed by atoms with E-state index in [9.17, 15) is 4.79 Å². The Morgan fingerprint density at radius 1 is 1.00 bits per heavy atom. The number of H-pyrrole nitrogens is 2. The Hall–Kier alpha value is -3.41. The molecule has 0 spiro atoms. The van der Waals surface area contributed by atoms with Crippen LogP contribution < -0.4 is 5.73 Å². The SMILES string of the molecule is NC(=O)c1ccccc1-c1cn[nH]c1-c1nc2ccccc2[nH]1. The van der Waals surface area contributed by atoms with Crippen molar-refractivity contribution in [1.82, 2.24) is 20.2 Å². The van der Waals surface area contributed by atoms with Crippen molar-refractivity contribution < 1.29 is 4.79 Å². The van der Waals surface area contributed by atoms with Crippen LogP contribution >= 0.6 is 0 Å². The molecule has 112 valence electrons. The maximum atomic E-state index is 11.7. The molecule has 4 N–H and O–H groups in total. The second kappa shape index (κ2) is 5.10. The van der Waals surface area contributed by atoms with E-state index in [1.54, 1.807) is 18.3 Å². The topological polar surface area (TPSA) is 100 Å². The minimum atomic E-state index is -0.475. The number of imidazole rings is 1. The predicted molar refractivity (Wildman–Crippen MR) is 87.6 cm³/mol. The van der Waals surface area contributed by atoms with Crippen LogP contribution in [-0.2, 0) is 0 Å². The fourth-order valence-corrected chi connectivity index (χ4v) is 2.67. The van der Waals surface area contributed by atoms with Gasteiger partial charge in [0.2, 0.25) is 5.91 Å². The van der Waals surface area contributed by atoms with Gasteiger partial charge in [0.1, 0.15) is 5.69 Å². The summed E-state index contributed by atoms with van der Waals surface area (Å²) in [5.41, 5.74) is 9.95. The molecule has 4 rings (SSSR count). The predicted octanol–water partition coefficient (Wildman–Crippen LogP) is 2.72. The third kappa shape index (κ3) is 2.17. The Morgan fingerprint density at radius 2 is 1.78 bits per heavy atom. The number of primary amides is 1. The summed E-state index contributed by atoms with van der Waals surface area (Å²) in [4.78, 5) is 19.5. The number of benzene rings is 2. The largest absolute Gasteiger partial charge is 0.366 e. The molecule has 0 radical (unpaired) electrons. The first kappa shape index (κ1) is 13.3. The summed E-state index contributed by atoms with van der Waals surface area (Å²) in [6.45, 7) is 0. The summed E-state index contributed by atoms with van der Waals surface area (Å²) in [7, 11) is 0. The molecule has 0 saturated heterocycles. The van der Waals surface area contributed by atoms with Gasteiger partial charge in [-0.2, -0.15) is 5.10 Å². The number of nitrogens with one attached hydrogen (secondary N) is 2. The van der Waals surface area contributed by atoms with Gasteiger partial charge in [-0.25, -0.2) is 4.98 Å². The molecule has 2 aromatic carbocycles. The van der Waals surface area contributed by atoms with Gasteiger partial charge in [0.15, 0.2) is 5.82 Å². The summed E-state index contributed by atoms with van der Waals surface area (Å²) in [5.74, 6) is 0.190. The molecule has 23 heavy (non-hydrogen) atoms. The highest BCUT2D eigenvalue weighted by Crippen LogP contribution is 2.31. The molecule has 2 aromatic heterocycles. The molecular weight excluding hydrogens is 290 g/mol. The van der Waals surface area contributed by atoms with E-state index in [0.717, 1.165) is 27.9 Å².